The van der Waals surface area contributed by atoms with Gasteiger partial charge in [0.05, 0.1) is 5.56 Å². The van der Waals surface area contributed by atoms with Gasteiger partial charge >= 0.3 is 0 Å². The van der Waals surface area contributed by atoms with Crippen molar-refractivity contribution < 1.29 is 9.18 Å². The molecule has 0 radical (unpaired) electrons. The lowest BCUT2D eigenvalue weighted by molar-refractivity contribution is 0.0944. The van der Waals surface area contributed by atoms with Gasteiger partial charge in [-0.05, 0) is 52.9 Å². The highest BCUT2D eigenvalue weighted by molar-refractivity contribution is 9.10. The fourth-order valence-electron chi connectivity index (χ4n) is 1.91. The minimum atomic E-state index is -0.417. The van der Waals surface area contributed by atoms with Crippen molar-refractivity contribution in [3.05, 3.63) is 34.1 Å². The molecule has 1 aromatic carbocycles. The Kier molecular flexibility index (Phi) is 7.39. The van der Waals surface area contributed by atoms with Crippen molar-refractivity contribution >= 4 is 33.4 Å². The molecule has 1 amide bonds. The molecule has 0 saturated heterocycles. The Balaban J connectivity index is 2.61. The third kappa shape index (κ3) is 5.49. The monoisotopic (exact) mass is 349 g/mol. The van der Waals surface area contributed by atoms with Gasteiger partial charge in [-0.15, -0.1) is 11.6 Å². The first-order chi connectivity index (χ1) is 9.08. The average molecular weight is 351 g/mol. The molecule has 0 fully saturated rings. The maximum absolute atomic E-state index is 13.1. The van der Waals surface area contributed by atoms with E-state index in [0.29, 0.717) is 28.4 Å². The van der Waals surface area contributed by atoms with Crippen LogP contribution in [0.3, 0.4) is 0 Å². The highest BCUT2D eigenvalue weighted by Gasteiger charge is 2.13. The van der Waals surface area contributed by atoms with E-state index in [9.17, 15) is 9.18 Å². The smallest absolute Gasteiger partial charge is 0.252 e. The highest BCUT2D eigenvalue weighted by atomic mass is 79.9. The second-order valence-corrected chi connectivity index (χ2v) is 5.70. The van der Waals surface area contributed by atoms with Crippen molar-refractivity contribution in [3.63, 3.8) is 0 Å². The molecule has 0 aliphatic rings. The van der Waals surface area contributed by atoms with Gasteiger partial charge in [-0.1, -0.05) is 13.3 Å². The van der Waals surface area contributed by atoms with Crippen LogP contribution in [0.5, 0.6) is 0 Å². The lowest BCUT2D eigenvalue weighted by Crippen LogP contribution is -2.29. The summed E-state index contributed by atoms with van der Waals surface area (Å²) in [5.41, 5.74) is 0.320. The van der Waals surface area contributed by atoms with Crippen LogP contribution in [0.25, 0.3) is 0 Å². The molecular weight excluding hydrogens is 333 g/mol. The summed E-state index contributed by atoms with van der Waals surface area (Å²) in [7, 11) is 0. The van der Waals surface area contributed by atoms with E-state index < -0.39 is 5.82 Å². The van der Waals surface area contributed by atoms with Crippen LogP contribution in [0.4, 0.5) is 4.39 Å². The highest BCUT2D eigenvalue weighted by Crippen LogP contribution is 2.18. The molecule has 0 spiro atoms. The van der Waals surface area contributed by atoms with Crippen LogP contribution in [0, 0.1) is 11.7 Å². The molecule has 2 nitrogen and oxygen atoms in total. The molecule has 0 aliphatic carbocycles. The Morgan fingerprint density at radius 2 is 2.21 bits per heavy atom. The van der Waals surface area contributed by atoms with Crippen molar-refractivity contribution in [2.24, 2.45) is 5.92 Å². The Hall–Kier alpha value is -0.610. The zero-order valence-electron chi connectivity index (χ0n) is 10.9. The van der Waals surface area contributed by atoms with Crippen LogP contribution >= 0.6 is 27.5 Å². The summed E-state index contributed by atoms with van der Waals surface area (Å²) in [6, 6.07) is 4.08. The lowest BCUT2D eigenvalue weighted by atomic mass is 10.0. The zero-order chi connectivity index (χ0) is 14.3. The SMILES string of the molecule is CCCC(CCCl)CNC(=O)c1cc(F)ccc1Br. The van der Waals surface area contributed by atoms with Crippen molar-refractivity contribution in [2.45, 2.75) is 26.2 Å². The normalized spacial score (nSPS) is 12.2. The van der Waals surface area contributed by atoms with Gasteiger partial charge in [-0.2, -0.15) is 0 Å². The van der Waals surface area contributed by atoms with Crippen LogP contribution in [0.15, 0.2) is 22.7 Å². The summed E-state index contributed by atoms with van der Waals surface area (Å²) in [4.78, 5) is 12.0. The van der Waals surface area contributed by atoms with Crippen molar-refractivity contribution in [3.8, 4) is 0 Å². The predicted octanol–water partition coefficient (Wildman–Crippen LogP) is 4.36. The van der Waals surface area contributed by atoms with E-state index in [2.05, 4.69) is 28.2 Å². The number of carbonyl (C=O) groups is 1. The zero-order valence-corrected chi connectivity index (χ0v) is 13.2. The molecule has 1 rings (SSSR count). The van der Waals surface area contributed by atoms with Crippen LogP contribution in [0.2, 0.25) is 0 Å². The molecule has 106 valence electrons. The topological polar surface area (TPSA) is 29.1 Å². The van der Waals surface area contributed by atoms with E-state index in [1.165, 1.54) is 18.2 Å². The number of benzene rings is 1. The molecule has 1 atom stereocenters. The molecule has 5 heteroatoms. The van der Waals surface area contributed by atoms with E-state index in [0.717, 1.165) is 19.3 Å². The van der Waals surface area contributed by atoms with Gasteiger partial charge in [0.25, 0.3) is 5.91 Å². The van der Waals surface area contributed by atoms with Gasteiger partial charge in [0.2, 0.25) is 0 Å². The van der Waals surface area contributed by atoms with E-state index in [-0.39, 0.29) is 5.91 Å². The van der Waals surface area contributed by atoms with Gasteiger partial charge in [-0.3, -0.25) is 4.79 Å². The molecule has 0 heterocycles. The quantitative estimate of drug-likeness (QED) is 0.727. The van der Waals surface area contributed by atoms with Gasteiger partial charge < -0.3 is 5.32 Å². The fourth-order valence-corrected chi connectivity index (χ4v) is 2.65. The summed E-state index contributed by atoms with van der Waals surface area (Å²) in [6.45, 7) is 2.68. The van der Waals surface area contributed by atoms with Gasteiger partial charge in [0, 0.05) is 16.9 Å². The summed E-state index contributed by atoms with van der Waals surface area (Å²) < 4.78 is 13.7. The molecule has 0 bridgehead atoms. The predicted molar refractivity (Wildman–Crippen MR) is 80.2 cm³/mol. The number of amides is 1. The van der Waals surface area contributed by atoms with Crippen LogP contribution in [-0.4, -0.2) is 18.3 Å². The maximum Gasteiger partial charge on any atom is 0.252 e. The first kappa shape index (κ1) is 16.4. The molecule has 1 aromatic rings. The van der Waals surface area contributed by atoms with Crippen molar-refractivity contribution in [1.82, 2.24) is 5.32 Å². The molecule has 0 aliphatic heterocycles. The van der Waals surface area contributed by atoms with E-state index in [1.54, 1.807) is 0 Å². The minimum absolute atomic E-state index is 0.262. The van der Waals surface area contributed by atoms with E-state index in [4.69, 9.17) is 11.6 Å². The fraction of sp³-hybridized carbons (Fsp3) is 0.500. The standard InChI is InChI=1S/C14H18BrClFNO/c1-2-3-10(6-7-16)9-18-14(19)12-8-11(17)4-5-13(12)15/h4-5,8,10H,2-3,6-7,9H2,1H3,(H,18,19). The molecular formula is C14H18BrClFNO. The maximum atomic E-state index is 13.1. The molecule has 19 heavy (non-hydrogen) atoms. The van der Waals surface area contributed by atoms with Gasteiger partial charge in [-0.25, -0.2) is 4.39 Å². The number of hydrogen-bond donors (Lipinski definition) is 1. The number of alkyl halides is 1. The average Bonchev–Trinajstić information content (AvgIpc) is 2.39. The van der Waals surface area contributed by atoms with Crippen LogP contribution in [0.1, 0.15) is 36.5 Å². The second-order valence-electron chi connectivity index (χ2n) is 4.47. The Bertz CT molecular complexity index is 422. The number of hydrogen-bond acceptors (Lipinski definition) is 1. The first-order valence-corrected chi connectivity index (χ1v) is 7.70. The summed E-state index contributed by atoms with van der Waals surface area (Å²) in [5, 5.41) is 2.84. The Labute approximate surface area is 126 Å². The third-order valence-corrected chi connectivity index (χ3v) is 3.85. The molecule has 1 N–H and O–H groups in total. The largest absolute Gasteiger partial charge is 0.352 e. The second kappa shape index (κ2) is 8.54. The first-order valence-electron chi connectivity index (χ1n) is 6.37. The minimum Gasteiger partial charge on any atom is -0.352 e. The Morgan fingerprint density at radius 1 is 1.47 bits per heavy atom. The third-order valence-electron chi connectivity index (χ3n) is 2.94. The molecule has 1 unspecified atom stereocenters. The number of halogens is 3. The van der Waals surface area contributed by atoms with Crippen LogP contribution in [-0.2, 0) is 0 Å². The van der Waals surface area contributed by atoms with Gasteiger partial charge in [0.1, 0.15) is 5.82 Å². The van der Waals surface area contributed by atoms with Crippen LogP contribution < -0.4 is 5.32 Å². The van der Waals surface area contributed by atoms with E-state index in [1.807, 2.05) is 0 Å². The van der Waals surface area contributed by atoms with Crippen molar-refractivity contribution in [2.75, 3.05) is 12.4 Å². The summed E-state index contributed by atoms with van der Waals surface area (Å²) in [6.07, 6.45) is 2.96. The lowest BCUT2D eigenvalue weighted by Gasteiger charge is -2.16. The number of carbonyl (C=O) groups excluding carboxylic acids is 1. The number of rotatable bonds is 7. The summed E-state index contributed by atoms with van der Waals surface area (Å²) >= 11 is 8.99. The Morgan fingerprint density at radius 3 is 2.84 bits per heavy atom. The van der Waals surface area contributed by atoms with Gasteiger partial charge in [0.15, 0.2) is 0 Å². The molecule has 0 aromatic heterocycles. The van der Waals surface area contributed by atoms with E-state index >= 15 is 0 Å². The summed E-state index contributed by atoms with van der Waals surface area (Å²) in [5.74, 6) is 0.282. The van der Waals surface area contributed by atoms with Crippen molar-refractivity contribution in [1.29, 1.82) is 0 Å². The number of nitrogens with one attached hydrogen (secondary N) is 1. The molecule has 0 saturated carbocycles.